The maximum atomic E-state index is 11.9. The van der Waals surface area contributed by atoms with Gasteiger partial charge < -0.3 is 15.0 Å². The molecule has 1 saturated heterocycles. The van der Waals surface area contributed by atoms with Gasteiger partial charge in [0.05, 0.1) is 17.5 Å². The zero-order valence-electron chi connectivity index (χ0n) is 10.5. The predicted octanol–water partition coefficient (Wildman–Crippen LogP) is 2.41. The Morgan fingerprint density at radius 1 is 1.32 bits per heavy atom. The van der Waals surface area contributed by atoms with Crippen molar-refractivity contribution in [3.05, 3.63) is 27.1 Å². The van der Waals surface area contributed by atoms with Crippen molar-refractivity contribution < 1.29 is 9.53 Å². The van der Waals surface area contributed by atoms with Crippen LogP contribution in [0.15, 0.2) is 27.1 Å². The Bertz CT molecular complexity index is 448. The molecule has 1 N–H and O–H groups in total. The van der Waals surface area contributed by atoms with E-state index in [1.54, 1.807) is 0 Å². The maximum Gasteiger partial charge on any atom is 0.226 e. The second-order valence-electron chi connectivity index (χ2n) is 4.30. The lowest BCUT2D eigenvalue weighted by Gasteiger charge is -2.27. The van der Waals surface area contributed by atoms with Crippen LogP contribution in [0.25, 0.3) is 0 Å². The van der Waals surface area contributed by atoms with Crippen LogP contribution in [-0.4, -0.2) is 43.6 Å². The molecule has 0 saturated carbocycles. The number of benzene rings is 1. The highest BCUT2D eigenvalue weighted by Crippen LogP contribution is 2.28. The van der Waals surface area contributed by atoms with Gasteiger partial charge in [-0.15, -0.1) is 0 Å². The van der Waals surface area contributed by atoms with Crippen LogP contribution in [0.2, 0.25) is 0 Å². The molecule has 19 heavy (non-hydrogen) atoms. The minimum atomic E-state index is 0.162. The molecule has 1 heterocycles. The van der Waals surface area contributed by atoms with Crippen molar-refractivity contribution in [1.29, 1.82) is 0 Å². The Balaban J connectivity index is 1.78. The van der Waals surface area contributed by atoms with E-state index in [0.717, 1.165) is 40.9 Å². The van der Waals surface area contributed by atoms with Gasteiger partial charge in [-0.25, -0.2) is 0 Å². The van der Waals surface area contributed by atoms with Gasteiger partial charge in [-0.05, 0) is 34.1 Å². The van der Waals surface area contributed by atoms with E-state index in [0.29, 0.717) is 13.0 Å². The van der Waals surface area contributed by atoms with Crippen molar-refractivity contribution in [3.8, 4) is 5.75 Å². The maximum absolute atomic E-state index is 11.9. The van der Waals surface area contributed by atoms with Crippen LogP contribution in [0.1, 0.15) is 6.42 Å². The van der Waals surface area contributed by atoms with Crippen LogP contribution in [0.5, 0.6) is 5.75 Å². The third-order valence-corrected chi connectivity index (χ3v) is 4.05. The highest BCUT2D eigenvalue weighted by Gasteiger charge is 2.15. The zero-order chi connectivity index (χ0) is 13.7. The number of piperazine rings is 1. The highest BCUT2D eigenvalue weighted by atomic mass is 79.9. The standard InChI is InChI=1S/C13H16Br2N2O2/c14-10-1-2-12(11(15)9-10)19-8-3-13(18)17-6-4-16-5-7-17/h1-2,9,16H,3-8H2. The molecule has 1 fully saturated rings. The molecular formula is C13H16Br2N2O2. The van der Waals surface area contributed by atoms with Crippen molar-refractivity contribution in [3.63, 3.8) is 0 Å². The van der Waals surface area contributed by atoms with Crippen LogP contribution in [0.4, 0.5) is 0 Å². The van der Waals surface area contributed by atoms with Gasteiger partial charge in [0.2, 0.25) is 5.91 Å². The summed E-state index contributed by atoms with van der Waals surface area (Å²) in [7, 11) is 0. The van der Waals surface area contributed by atoms with Crippen LogP contribution in [0.3, 0.4) is 0 Å². The van der Waals surface area contributed by atoms with E-state index >= 15 is 0 Å². The van der Waals surface area contributed by atoms with E-state index < -0.39 is 0 Å². The molecule has 0 aromatic heterocycles. The molecule has 1 aliphatic rings. The van der Waals surface area contributed by atoms with Gasteiger partial charge in [0, 0.05) is 30.7 Å². The van der Waals surface area contributed by atoms with Crippen LogP contribution >= 0.6 is 31.9 Å². The molecule has 1 aromatic rings. The number of carbonyl (C=O) groups is 1. The number of halogens is 2. The molecule has 0 atom stereocenters. The van der Waals surface area contributed by atoms with Gasteiger partial charge in [-0.2, -0.15) is 0 Å². The van der Waals surface area contributed by atoms with E-state index in [1.807, 2.05) is 23.1 Å². The molecule has 0 bridgehead atoms. The molecule has 1 aromatic carbocycles. The molecule has 104 valence electrons. The Kier molecular flexibility index (Phi) is 5.66. The van der Waals surface area contributed by atoms with Gasteiger partial charge in [0.15, 0.2) is 0 Å². The number of ether oxygens (including phenoxy) is 1. The first kappa shape index (κ1) is 14.8. The van der Waals surface area contributed by atoms with E-state index in [-0.39, 0.29) is 5.91 Å². The predicted molar refractivity (Wildman–Crippen MR) is 81.4 cm³/mol. The lowest BCUT2D eigenvalue weighted by Crippen LogP contribution is -2.46. The lowest BCUT2D eigenvalue weighted by atomic mass is 10.3. The monoisotopic (exact) mass is 390 g/mol. The quantitative estimate of drug-likeness (QED) is 0.856. The minimum absolute atomic E-state index is 0.162. The molecule has 4 nitrogen and oxygen atoms in total. The van der Waals surface area contributed by atoms with Gasteiger partial charge in [-0.3, -0.25) is 4.79 Å². The number of amides is 1. The average molecular weight is 392 g/mol. The van der Waals surface area contributed by atoms with Gasteiger partial charge in [0.25, 0.3) is 0 Å². The Morgan fingerprint density at radius 3 is 2.74 bits per heavy atom. The Labute approximate surface area is 129 Å². The first-order valence-corrected chi connectivity index (χ1v) is 7.82. The average Bonchev–Trinajstić information content (AvgIpc) is 2.42. The van der Waals surface area contributed by atoms with Crippen molar-refractivity contribution in [1.82, 2.24) is 10.2 Å². The van der Waals surface area contributed by atoms with Gasteiger partial charge in [-0.1, -0.05) is 15.9 Å². The molecule has 0 unspecified atom stereocenters. The topological polar surface area (TPSA) is 41.6 Å². The molecule has 1 aliphatic heterocycles. The van der Waals surface area contributed by atoms with Gasteiger partial charge >= 0.3 is 0 Å². The third-order valence-electron chi connectivity index (χ3n) is 2.94. The molecule has 1 amide bonds. The first-order valence-electron chi connectivity index (χ1n) is 6.23. The van der Waals surface area contributed by atoms with E-state index in [2.05, 4.69) is 37.2 Å². The highest BCUT2D eigenvalue weighted by molar-refractivity contribution is 9.11. The Morgan fingerprint density at radius 2 is 2.05 bits per heavy atom. The number of carbonyl (C=O) groups excluding carboxylic acids is 1. The molecule has 2 rings (SSSR count). The summed E-state index contributed by atoms with van der Waals surface area (Å²) in [6.45, 7) is 3.75. The Hall–Kier alpha value is -0.590. The number of nitrogens with zero attached hydrogens (tertiary/aromatic N) is 1. The SMILES string of the molecule is O=C(CCOc1ccc(Br)cc1Br)N1CCNCC1. The second kappa shape index (κ2) is 7.26. The molecular weight excluding hydrogens is 376 g/mol. The molecule has 0 spiro atoms. The first-order chi connectivity index (χ1) is 9.16. The summed E-state index contributed by atoms with van der Waals surface area (Å²) in [5.74, 6) is 0.922. The van der Waals surface area contributed by atoms with Crippen molar-refractivity contribution in [2.24, 2.45) is 0 Å². The van der Waals surface area contributed by atoms with Crippen molar-refractivity contribution >= 4 is 37.8 Å². The summed E-state index contributed by atoms with van der Waals surface area (Å²) in [5.41, 5.74) is 0. The third kappa shape index (κ3) is 4.47. The van der Waals surface area contributed by atoms with Crippen LogP contribution in [0, 0.1) is 0 Å². The lowest BCUT2D eigenvalue weighted by molar-refractivity contribution is -0.132. The molecule has 0 radical (unpaired) electrons. The summed E-state index contributed by atoms with van der Waals surface area (Å²) in [6, 6.07) is 5.72. The second-order valence-corrected chi connectivity index (χ2v) is 6.07. The van der Waals surface area contributed by atoms with E-state index in [4.69, 9.17) is 4.74 Å². The molecule has 6 heteroatoms. The summed E-state index contributed by atoms with van der Waals surface area (Å²) >= 11 is 6.82. The number of hydrogen-bond acceptors (Lipinski definition) is 3. The van der Waals surface area contributed by atoms with Crippen LogP contribution in [-0.2, 0) is 4.79 Å². The van der Waals surface area contributed by atoms with Crippen molar-refractivity contribution in [2.75, 3.05) is 32.8 Å². The number of hydrogen-bond donors (Lipinski definition) is 1. The minimum Gasteiger partial charge on any atom is -0.492 e. The summed E-state index contributed by atoms with van der Waals surface area (Å²) in [5, 5.41) is 3.23. The summed E-state index contributed by atoms with van der Waals surface area (Å²) in [4.78, 5) is 13.8. The summed E-state index contributed by atoms with van der Waals surface area (Å²) < 4.78 is 7.50. The fourth-order valence-corrected chi connectivity index (χ4v) is 3.07. The van der Waals surface area contributed by atoms with E-state index in [1.165, 1.54) is 0 Å². The molecule has 0 aliphatic carbocycles. The van der Waals surface area contributed by atoms with Crippen LogP contribution < -0.4 is 10.1 Å². The van der Waals surface area contributed by atoms with Crippen molar-refractivity contribution in [2.45, 2.75) is 6.42 Å². The fourth-order valence-electron chi connectivity index (χ4n) is 1.91. The zero-order valence-corrected chi connectivity index (χ0v) is 13.7. The van der Waals surface area contributed by atoms with E-state index in [9.17, 15) is 4.79 Å². The normalized spacial score (nSPS) is 15.4. The number of rotatable bonds is 4. The largest absolute Gasteiger partial charge is 0.492 e. The van der Waals surface area contributed by atoms with Gasteiger partial charge in [0.1, 0.15) is 5.75 Å². The smallest absolute Gasteiger partial charge is 0.226 e. The number of nitrogens with one attached hydrogen (secondary N) is 1. The summed E-state index contributed by atoms with van der Waals surface area (Å²) in [6.07, 6.45) is 0.419. The fraction of sp³-hybridized carbons (Fsp3) is 0.462.